The summed E-state index contributed by atoms with van der Waals surface area (Å²) >= 11 is 5.04. The molecular weight excluding hydrogens is 359 g/mol. The van der Waals surface area contributed by atoms with Crippen LogP contribution in [0.15, 0.2) is 29.3 Å². The molecular formula is C17H20FN4O3S+. The van der Waals surface area contributed by atoms with Gasteiger partial charge in [0.15, 0.2) is 11.0 Å². The quantitative estimate of drug-likeness (QED) is 0.398. The molecule has 1 aromatic carbocycles. The minimum absolute atomic E-state index is 0.0126. The third-order valence-electron chi connectivity index (χ3n) is 4.34. The van der Waals surface area contributed by atoms with Crippen LogP contribution >= 0.6 is 12.2 Å². The average Bonchev–Trinajstić information content (AvgIpc) is 2.63. The van der Waals surface area contributed by atoms with Gasteiger partial charge in [-0.2, -0.15) is 0 Å². The van der Waals surface area contributed by atoms with Crippen molar-refractivity contribution >= 4 is 41.0 Å². The number of nitrogens with one attached hydrogen (secondary N) is 2. The summed E-state index contributed by atoms with van der Waals surface area (Å²) in [6.45, 7) is 4.62. The van der Waals surface area contributed by atoms with Gasteiger partial charge in [0.25, 0.3) is 5.91 Å². The molecule has 2 saturated heterocycles. The predicted octanol–water partition coefficient (Wildman–Crippen LogP) is -0.824. The minimum Gasteiger partial charge on any atom is -0.370 e. The zero-order valence-corrected chi connectivity index (χ0v) is 14.9. The molecule has 2 aliphatic heterocycles. The van der Waals surface area contributed by atoms with E-state index in [-0.39, 0.29) is 10.8 Å². The first-order valence-electron chi connectivity index (χ1n) is 8.42. The van der Waals surface area contributed by atoms with Crippen LogP contribution in [0.1, 0.15) is 0 Å². The maximum atomic E-state index is 14.0. The molecule has 0 bridgehead atoms. The number of rotatable bonds is 5. The standard InChI is InChI=1S/C17H19FN4O3S/c18-13-3-1-2-4-14(13)22-16(24)12(15(23)20-17(22)26)11-19-5-6-21-7-9-25-10-8-21/h1-4,11-12H,5-10H2,(H,20,23,26)/p+1/t12-/m1/s1. The summed E-state index contributed by atoms with van der Waals surface area (Å²) in [6.07, 6.45) is 1.33. The van der Waals surface area contributed by atoms with Crippen LogP contribution in [0, 0.1) is 11.7 Å². The van der Waals surface area contributed by atoms with Crippen LogP contribution in [0.25, 0.3) is 0 Å². The molecule has 9 heteroatoms. The van der Waals surface area contributed by atoms with Crippen LogP contribution in [0.3, 0.4) is 0 Å². The molecule has 0 unspecified atom stereocenters. The Hall–Kier alpha value is -2.23. The number of morpholine rings is 1. The summed E-state index contributed by atoms with van der Waals surface area (Å²) < 4.78 is 19.3. The summed E-state index contributed by atoms with van der Waals surface area (Å²) in [7, 11) is 0. The number of thiocarbonyl (C=S) groups is 1. The normalized spacial score (nSPS) is 22.1. The van der Waals surface area contributed by atoms with Crippen LogP contribution in [-0.2, 0) is 14.3 Å². The number of hydrogen-bond donors (Lipinski definition) is 2. The Morgan fingerprint density at radius 3 is 2.81 bits per heavy atom. The van der Waals surface area contributed by atoms with Gasteiger partial charge in [-0.15, -0.1) is 0 Å². The number of carbonyl (C=O) groups is 2. The summed E-state index contributed by atoms with van der Waals surface area (Å²) in [5, 5.41) is 2.31. The second-order valence-electron chi connectivity index (χ2n) is 6.06. The van der Waals surface area contributed by atoms with Gasteiger partial charge in [-0.25, -0.2) is 4.39 Å². The lowest BCUT2D eigenvalue weighted by atomic mass is 10.1. The monoisotopic (exact) mass is 379 g/mol. The van der Waals surface area contributed by atoms with Crippen LogP contribution in [0.2, 0.25) is 0 Å². The summed E-state index contributed by atoms with van der Waals surface area (Å²) in [5.41, 5.74) is 0.0126. The first-order valence-corrected chi connectivity index (χ1v) is 8.83. The van der Waals surface area contributed by atoms with Gasteiger partial charge in [-0.1, -0.05) is 12.1 Å². The Balaban J connectivity index is 1.67. The molecule has 138 valence electrons. The molecule has 0 spiro atoms. The van der Waals surface area contributed by atoms with Gasteiger partial charge in [0, 0.05) is 6.21 Å². The average molecular weight is 379 g/mol. The molecule has 2 heterocycles. The number of carbonyl (C=O) groups excluding carboxylic acids is 2. The van der Waals surface area contributed by atoms with Crippen molar-refractivity contribution in [3.05, 3.63) is 30.1 Å². The van der Waals surface area contributed by atoms with Crippen molar-refractivity contribution < 1.29 is 23.6 Å². The molecule has 2 aliphatic rings. The molecule has 26 heavy (non-hydrogen) atoms. The zero-order chi connectivity index (χ0) is 18.5. The minimum atomic E-state index is -1.12. The number of ether oxygens (including phenoxy) is 1. The van der Waals surface area contributed by atoms with E-state index in [1.54, 1.807) is 6.07 Å². The Labute approximate surface area is 155 Å². The number of amides is 2. The van der Waals surface area contributed by atoms with Crippen LogP contribution < -0.4 is 15.1 Å². The lowest BCUT2D eigenvalue weighted by molar-refractivity contribution is -0.906. The van der Waals surface area contributed by atoms with Gasteiger partial charge in [-0.05, 0) is 24.4 Å². The van der Waals surface area contributed by atoms with Crippen LogP contribution in [0.5, 0.6) is 0 Å². The van der Waals surface area contributed by atoms with Crippen molar-refractivity contribution in [3.8, 4) is 0 Å². The van der Waals surface area contributed by atoms with Gasteiger partial charge >= 0.3 is 0 Å². The van der Waals surface area contributed by atoms with Gasteiger partial charge in [0.05, 0.1) is 32.0 Å². The van der Waals surface area contributed by atoms with Gasteiger partial charge in [-0.3, -0.25) is 19.5 Å². The van der Waals surface area contributed by atoms with Gasteiger partial charge < -0.3 is 15.0 Å². The maximum absolute atomic E-state index is 14.0. The number of hydrogen-bond acceptors (Lipinski definition) is 5. The van der Waals surface area contributed by atoms with E-state index in [9.17, 15) is 14.0 Å². The Morgan fingerprint density at radius 2 is 2.08 bits per heavy atom. The molecule has 2 amide bonds. The van der Waals surface area contributed by atoms with E-state index in [1.807, 2.05) is 0 Å². The van der Waals surface area contributed by atoms with Crippen molar-refractivity contribution in [1.82, 2.24) is 5.32 Å². The van der Waals surface area contributed by atoms with E-state index in [1.165, 1.54) is 29.3 Å². The highest BCUT2D eigenvalue weighted by Crippen LogP contribution is 2.23. The Bertz CT molecular complexity index is 736. The number of para-hydroxylation sites is 1. The van der Waals surface area contributed by atoms with Crippen molar-refractivity contribution in [2.75, 3.05) is 44.3 Å². The fourth-order valence-corrected chi connectivity index (χ4v) is 3.18. The fraction of sp³-hybridized carbons (Fsp3) is 0.412. The van der Waals surface area contributed by atoms with E-state index in [0.29, 0.717) is 6.54 Å². The van der Waals surface area contributed by atoms with Crippen molar-refractivity contribution in [2.24, 2.45) is 10.9 Å². The largest absolute Gasteiger partial charge is 0.370 e. The lowest BCUT2D eigenvalue weighted by Gasteiger charge is -2.31. The van der Waals surface area contributed by atoms with Crippen LogP contribution in [-0.4, -0.2) is 62.5 Å². The molecule has 2 fully saturated rings. The Morgan fingerprint density at radius 1 is 1.35 bits per heavy atom. The second-order valence-corrected chi connectivity index (χ2v) is 6.45. The highest BCUT2D eigenvalue weighted by Gasteiger charge is 2.39. The highest BCUT2D eigenvalue weighted by molar-refractivity contribution is 7.80. The number of aliphatic imine (C=N–C) groups is 1. The smallest absolute Gasteiger partial charge is 0.251 e. The van der Waals surface area contributed by atoms with E-state index < -0.39 is 23.5 Å². The van der Waals surface area contributed by atoms with Crippen LogP contribution in [0.4, 0.5) is 10.1 Å². The summed E-state index contributed by atoms with van der Waals surface area (Å²) in [5.74, 6) is -2.87. The van der Waals surface area contributed by atoms with Gasteiger partial charge in [0.1, 0.15) is 18.9 Å². The fourth-order valence-electron chi connectivity index (χ4n) is 2.90. The predicted molar refractivity (Wildman–Crippen MR) is 97.9 cm³/mol. The molecule has 0 aliphatic carbocycles. The molecule has 0 saturated carbocycles. The zero-order valence-electron chi connectivity index (χ0n) is 14.1. The van der Waals surface area contributed by atoms with E-state index in [0.717, 1.165) is 37.7 Å². The first-order chi connectivity index (χ1) is 12.6. The van der Waals surface area contributed by atoms with Crippen molar-refractivity contribution in [2.45, 2.75) is 0 Å². The van der Waals surface area contributed by atoms with E-state index >= 15 is 0 Å². The van der Waals surface area contributed by atoms with Gasteiger partial charge in [0.2, 0.25) is 5.91 Å². The summed E-state index contributed by atoms with van der Waals surface area (Å²) in [6, 6.07) is 5.78. The maximum Gasteiger partial charge on any atom is 0.251 e. The number of benzene rings is 1. The van der Waals surface area contributed by atoms with E-state index in [2.05, 4.69) is 10.3 Å². The molecule has 0 aromatic heterocycles. The first kappa shape index (κ1) is 18.6. The lowest BCUT2D eigenvalue weighted by Crippen LogP contribution is -3.14. The second kappa shape index (κ2) is 8.43. The third kappa shape index (κ3) is 4.12. The molecule has 7 nitrogen and oxygen atoms in total. The van der Waals surface area contributed by atoms with E-state index in [4.69, 9.17) is 17.0 Å². The topological polar surface area (TPSA) is 75.4 Å². The number of nitrogens with zero attached hydrogens (tertiary/aromatic N) is 2. The van der Waals surface area contributed by atoms with Crippen molar-refractivity contribution in [1.29, 1.82) is 0 Å². The molecule has 3 rings (SSSR count). The number of anilines is 1. The summed E-state index contributed by atoms with van der Waals surface area (Å²) in [4.78, 5) is 31.4. The SMILES string of the molecule is O=C1NC(=S)N(c2ccccc2F)C(=O)[C@@H]1C=NCC[NH+]1CCOCC1. The third-order valence-corrected chi connectivity index (χ3v) is 4.63. The van der Waals surface area contributed by atoms with Crippen molar-refractivity contribution in [3.63, 3.8) is 0 Å². The molecule has 1 atom stereocenters. The molecule has 2 N–H and O–H groups in total. The Kier molecular flexibility index (Phi) is 6.02. The number of quaternary nitrogens is 1. The molecule has 0 radical (unpaired) electrons. The highest BCUT2D eigenvalue weighted by atomic mass is 32.1. The molecule has 1 aromatic rings. The number of halogens is 1.